The Balaban J connectivity index is 2.24. The molecular formula is C25H33ClFN3O4S. The van der Waals surface area contributed by atoms with Gasteiger partial charge >= 0.3 is 0 Å². The van der Waals surface area contributed by atoms with Crippen molar-refractivity contribution in [3.8, 4) is 0 Å². The zero-order valence-corrected chi connectivity index (χ0v) is 22.1. The summed E-state index contributed by atoms with van der Waals surface area (Å²) in [5.74, 6) is -1.26. The zero-order valence-electron chi connectivity index (χ0n) is 20.5. The smallest absolute Gasteiger partial charge is 0.243 e. The summed E-state index contributed by atoms with van der Waals surface area (Å²) in [4.78, 5) is 27.7. The predicted molar refractivity (Wildman–Crippen MR) is 137 cm³/mol. The maximum atomic E-state index is 14.3. The Morgan fingerprint density at radius 3 is 2.29 bits per heavy atom. The number of halogens is 2. The van der Waals surface area contributed by atoms with Crippen molar-refractivity contribution in [2.75, 3.05) is 17.1 Å². The summed E-state index contributed by atoms with van der Waals surface area (Å²) in [5.41, 5.74) is 0.626. The topological polar surface area (TPSA) is 86.8 Å². The highest BCUT2D eigenvalue weighted by Crippen LogP contribution is 2.23. The Kier molecular flexibility index (Phi) is 10.5. The SMILES string of the molecule is CC[C@@H](C(=O)NC(C)C)N(Cc1ccccc1Cl)C(=O)CCCN(c1ccccc1F)S(C)(=O)=O. The molecule has 0 heterocycles. The van der Waals surface area contributed by atoms with E-state index in [1.807, 2.05) is 20.8 Å². The minimum atomic E-state index is -3.77. The first kappa shape index (κ1) is 28.6. The first-order chi connectivity index (χ1) is 16.5. The number of anilines is 1. The zero-order chi connectivity index (χ0) is 26.2. The molecule has 0 saturated carbocycles. The molecule has 0 aliphatic heterocycles. The van der Waals surface area contributed by atoms with Gasteiger partial charge in [-0.15, -0.1) is 0 Å². The summed E-state index contributed by atoms with van der Waals surface area (Å²) in [5, 5.41) is 3.34. The molecule has 10 heteroatoms. The number of nitrogens with zero attached hydrogens (tertiary/aromatic N) is 2. The molecule has 0 aliphatic carbocycles. The molecule has 0 saturated heterocycles. The number of rotatable bonds is 12. The molecule has 0 radical (unpaired) electrons. The van der Waals surface area contributed by atoms with Crippen LogP contribution in [-0.4, -0.2) is 50.0 Å². The summed E-state index contributed by atoms with van der Waals surface area (Å²) in [7, 11) is -3.77. The van der Waals surface area contributed by atoms with E-state index in [2.05, 4.69) is 5.32 Å². The van der Waals surface area contributed by atoms with E-state index in [-0.39, 0.29) is 49.5 Å². The van der Waals surface area contributed by atoms with Crippen molar-refractivity contribution in [2.24, 2.45) is 0 Å². The maximum absolute atomic E-state index is 14.3. The number of para-hydroxylation sites is 1. The van der Waals surface area contributed by atoms with Crippen LogP contribution in [0.25, 0.3) is 0 Å². The van der Waals surface area contributed by atoms with Crippen LogP contribution in [0.15, 0.2) is 48.5 Å². The Morgan fingerprint density at radius 1 is 1.09 bits per heavy atom. The number of hydrogen-bond acceptors (Lipinski definition) is 4. The largest absolute Gasteiger partial charge is 0.352 e. The van der Waals surface area contributed by atoms with Gasteiger partial charge in [0.1, 0.15) is 11.9 Å². The van der Waals surface area contributed by atoms with Crippen molar-refractivity contribution in [1.82, 2.24) is 10.2 Å². The first-order valence-electron chi connectivity index (χ1n) is 11.5. The van der Waals surface area contributed by atoms with Crippen LogP contribution in [-0.2, 0) is 26.2 Å². The maximum Gasteiger partial charge on any atom is 0.243 e. The molecule has 2 rings (SSSR count). The molecule has 0 aromatic heterocycles. The van der Waals surface area contributed by atoms with Crippen molar-refractivity contribution < 1.29 is 22.4 Å². The van der Waals surface area contributed by atoms with Crippen LogP contribution in [0, 0.1) is 5.82 Å². The standard InChI is InChI=1S/C25H33ClFN3O4S/c1-5-22(25(32)28-18(2)3)29(17-19-11-6-7-12-20(19)26)24(31)15-10-16-30(35(4,33)34)23-14-9-8-13-21(23)27/h6-9,11-14,18,22H,5,10,15-17H2,1-4H3,(H,28,32)/t22-/m0/s1. The molecule has 35 heavy (non-hydrogen) atoms. The Morgan fingerprint density at radius 2 is 1.71 bits per heavy atom. The molecule has 192 valence electrons. The van der Waals surface area contributed by atoms with Crippen molar-refractivity contribution in [1.29, 1.82) is 0 Å². The fraction of sp³-hybridized carbons (Fsp3) is 0.440. The number of carbonyl (C=O) groups excluding carboxylic acids is 2. The summed E-state index contributed by atoms with van der Waals surface area (Å²) < 4.78 is 39.9. The fourth-order valence-electron chi connectivity index (χ4n) is 3.75. The number of carbonyl (C=O) groups is 2. The van der Waals surface area contributed by atoms with Gasteiger partial charge in [-0.25, -0.2) is 12.8 Å². The molecular weight excluding hydrogens is 493 g/mol. The molecule has 0 fully saturated rings. The highest BCUT2D eigenvalue weighted by atomic mass is 35.5. The van der Waals surface area contributed by atoms with Crippen molar-refractivity contribution in [3.63, 3.8) is 0 Å². The molecule has 2 aromatic carbocycles. The molecule has 0 bridgehead atoms. The summed E-state index contributed by atoms with van der Waals surface area (Å²) in [6.07, 6.45) is 1.49. The fourth-order valence-corrected chi connectivity index (χ4v) is 4.91. The molecule has 7 nitrogen and oxygen atoms in total. The van der Waals surface area contributed by atoms with Gasteiger partial charge in [0.2, 0.25) is 21.8 Å². The van der Waals surface area contributed by atoms with Gasteiger partial charge in [-0.05, 0) is 50.5 Å². The lowest BCUT2D eigenvalue weighted by Crippen LogP contribution is -2.50. The predicted octanol–water partition coefficient (Wildman–Crippen LogP) is 4.36. The van der Waals surface area contributed by atoms with Crippen LogP contribution in [0.2, 0.25) is 5.02 Å². The highest BCUT2D eigenvalue weighted by molar-refractivity contribution is 7.92. The van der Waals surface area contributed by atoms with Gasteiger partial charge in [0.15, 0.2) is 0 Å². The second kappa shape index (κ2) is 12.9. The Labute approximate surface area is 212 Å². The van der Waals surface area contributed by atoms with Crippen LogP contribution in [0.5, 0.6) is 0 Å². The molecule has 2 amide bonds. The summed E-state index contributed by atoms with van der Waals surface area (Å²) >= 11 is 6.32. The third-order valence-corrected chi connectivity index (χ3v) is 6.94. The minimum Gasteiger partial charge on any atom is -0.352 e. The molecule has 2 aromatic rings. The van der Waals surface area contributed by atoms with Gasteiger partial charge in [0, 0.05) is 30.6 Å². The third-order valence-electron chi connectivity index (χ3n) is 5.39. The Hall–Kier alpha value is -2.65. The number of hydrogen-bond donors (Lipinski definition) is 1. The second-order valence-corrected chi connectivity index (χ2v) is 10.9. The van der Waals surface area contributed by atoms with Gasteiger partial charge in [0.25, 0.3) is 0 Å². The number of amides is 2. The average molecular weight is 526 g/mol. The van der Waals surface area contributed by atoms with E-state index in [0.717, 1.165) is 10.6 Å². The second-order valence-electron chi connectivity index (χ2n) is 8.59. The highest BCUT2D eigenvalue weighted by Gasteiger charge is 2.29. The quantitative estimate of drug-likeness (QED) is 0.446. The van der Waals surface area contributed by atoms with Gasteiger partial charge in [0.05, 0.1) is 11.9 Å². The normalized spacial score (nSPS) is 12.3. The van der Waals surface area contributed by atoms with E-state index in [1.54, 1.807) is 30.3 Å². The van der Waals surface area contributed by atoms with Gasteiger partial charge in [-0.3, -0.25) is 13.9 Å². The van der Waals surface area contributed by atoms with Crippen molar-refractivity contribution in [3.05, 3.63) is 64.9 Å². The lowest BCUT2D eigenvalue weighted by molar-refractivity contribution is -0.141. The van der Waals surface area contributed by atoms with E-state index in [0.29, 0.717) is 17.0 Å². The summed E-state index contributed by atoms with van der Waals surface area (Å²) in [6.45, 7) is 5.55. The van der Waals surface area contributed by atoms with Crippen molar-refractivity contribution >= 4 is 39.1 Å². The molecule has 0 aliphatic rings. The third kappa shape index (κ3) is 8.21. The van der Waals surface area contributed by atoms with Crippen LogP contribution < -0.4 is 9.62 Å². The molecule has 1 atom stereocenters. The molecule has 0 spiro atoms. The lowest BCUT2D eigenvalue weighted by Gasteiger charge is -2.32. The number of benzene rings is 2. The minimum absolute atomic E-state index is 0.0314. The lowest BCUT2D eigenvalue weighted by atomic mass is 10.1. The van der Waals surface area contributed by atoms with Gasteiger partial charge in [-0.2, -0.15) is 0 Å². The van der Waals surface area contributed by atoms with Crippen LogP contribution >= 0.6 is 11.6 Å². The average Bonchev–Trinajstić information content (AvgIpc) is 2.77. The van der Waals surface area contributed by atoms with Gasteiger partial charge < -0.3 is 10.2 Å². The van der Waals surface area contributed by atoms with Gasteiger partial charge in [-0.1, -0.05) is 48.9 Å². The van der Waals surface area contributed by atoms with Crippen molar-refractivity contribution in [2.45, 2.75) is 58.7 Å². The number of sulfonamides is 1. The van der Waals surface area contributed by atoms with E-state index in [4.69, 9.17) is 11.6 Å². The van der Waals surface area contributed by atoms with Crippen LogP contribution in [0.4, 0.5) is 10.1 Å². The van der Waals surface area contributed by atoms with Crippen LogP contribution in [0.1, 0.15) is 45.6 Å². The number of nitrogens with one attached hydrogen (secondary N) is 1. The van der Waals surface area contributed by atoms with E-state index < -0.39 is 21.9 Å². The monoisotopic (exact) mass is 525 g/mol. The Bertz CT molecular complexity index is 1130. The van der Waals surface area contributed by atoms with E-state index in [9.17, 15) is 22.4 Å². The van der Waals surface area contributed by atoms with Crippen LogP contribution in [0.3, 0.4) is 0 Å². The van der Waals surface area contributed by atoms with E-state index in [1.165, 1.54) is 23.1 Å². The molecule has 1 N–H and O–H groups in total. The first-order valence-corrected chi connectivity index (χ1v) is 13.7. The summed E-state index contributed by atoms with van der Waals surface area (Å²) in [6, 6.07) is 11.9. The van der Waals surface area contributed by atoms with E-state index >= 15 is 0 Å². The molecule has 0 unspecified atom stereocenters.